The van der Waals surface area contributed by atoms with E-state index >= 15 is 0 Å². The molecule has 0 atom stereocenters. The summed E-state index contributed by atoms with van der Waals surface area (Å²) in [5, 5.41) is 5.58. The summed E-state index contributed by atoms with van der Waals surface area (Å²) in [7, 11) is 0. The fourth-order valence-corrected chi connectivity index (χ4v) is 3.54. The molecule has 33 heavy (non-hydrogen) atoms. The lowest BCUT2D eigenvalue weighted by molar-refractivity contribution is 0.104. The van der Waals surface area contributed by atoms with Crippen LogP contribution in [0.1, 0.15) is 41.5 Å². The van der Waals surface area contributed by atoms with Gasteiger partial charge < -0.3 is 15.6 Å². The van der Waals surface area contributed by atoms with Crippen molar-refractivity contribution >= 4 is 40.2 Å². The van der Waals surface area contributed by atoms with Crippen molar-refractivity contribution in [1.29, 1.82) is 0 Å². The highest BCUT2D eigenvalue weighted by atomic mass is 19.1. The molecule has 2 amide bonds. The van der Waals surface area contributed by atoms with Crippen LogP contribution in [-0.2, 0) is 0 Å². The zero-order chi connectivity index (χ0) is 23.7. The zero-order valence-corrected chi connectivity index (χ0v) is 18.3. The average Bonchev–Trinajstić information content (AvgIpc) is 3.14. The smallest absolute Gasteiger partial charge is 0.324 e. The molecule has 0 radical (unpaired) electrons. The van der Waals surface area contributed by atoms with Crippen LogP contribution >= 0.6 is 0 Å². The minimum atomic E-state index is -0.619. The van der Waals surface area contributed by atoms with Crippen molar-refractivity contribution in [3.8, 4) is 0 Å². The van der Waals surface area contributed by atoms with Crippen LogP contribution in [0.25, 0.3) is 11.0 Å². The maximum atomic E-state index is 13.4. The van der Waals surface area contributed by atoms with Crippen LogP contribution in [0.5, 0.6) is 0 Å². The first-order valence-corrected chi connectivity index (χ1v) is 10.2. The van der Waals surface area contributed by atoms with E-state index in [4.69, 9.17) is 5.73 Å². The topological polar surface area (TPSA) is 128 Å². The Morgan fingerprint density at radius 1 is 1.12 bits per heavy atom. The number of urea groups is 1. The fourth-order valence-electron chi connectivity index (χ4n) is 3.54. The molecule has 0 aliphatic carbocycles. The summed E-state index contributed by atoms with van der Waals surface area (Å²) in [6, 6.07) is 8.02. The van der Waals surface area contributed by atoms with Crippen LogP contribution in [0, 0.1) is 12.7 Å². The SMILES string of the molecule is Cc1cc(C(=O)c2cn(C(C)C)c3ncnc(N)c23)cc(NC(=O)Nc2cccc(F)c2)n1. The van der Waals surface area contributed by atoms with Crippen LogP contribution in [0.3, 0.4) is 0 Å². The van der Waals surface area contributed by atoms with Crippen molar-refractivity contribution in [1.82, 2.24) is 19.5 Å². The molecule has 9 nitrogen and oxygen atoms in total. The molecule has 4 aromatic rings. The molecule has 1 aromatic carbocycles. The van der Waals surface area contributed by atoms with Crippen molar-refractivity contribution in [2.24, 2.45) is 0 Å². The van der Waals surface area contributed by atoms with Gasteiger partial charge in [-0.25, -0.2) is 24.1 Å². The Labute approximate surface area is 188 Å². The normalized spacial score (nSPS) is 11.1. The maximum absolute atomic E-state index is 13.4. The number of fused-ring (bicyclic) bond motifs is 1. The molecule has 0 bridgehead atoms. The van der Waals surface area contributed by atoms with Gasteiger partial charge in [0.25, 0.3) is 0 Å². The Bertz CT molecular complexity index is 1380. The number of pyridine rings is 1. The number of carbonyl (C=O) groups is 2. The first-order chi connectivity index (χ1) is 15.7. The molecule has 3 heterocycles. The third-order valence-electron chi connectivity index (χ3n) is 4.98. The van der Waals surface area contributed by atoms with Crippen LogP contribution in [0.2, 0.25) is 0 Å². The largest absolute Gasteiger partial charge is 0.383 e. The average molecular weight is 447 g/mol. The molecule has 10 heteroatoms. The Hall–Kier alpha value is -4.34. The number of hydrogen-bond acceptors (Lipinski definition) is 6. The van der Waals surface area contributed by atoms with E-state index in [2.05, 4.69) is 25.6 Å². The fraction of sp³-hybridized carbons (Fsp3) is 0.174. The number of anilines is 3. The lowest BCUT2D eigenvalue weighted by atomic mass is 10.0. The summed E-state index contributed by atoms with van der Waals surface area (Å²) in [5.74, 6) is -0.399. The quantitative estimate of drug-likeness (QED) is 0.391. The van der Waals surface area contributed by atoms with Gasteiger partial charge in [0.2, 0.25) is 0 Å². The minimum Gasteiger partial charge on any atom is -0.383 e. The number of benzene rings is 1. The van der Waals surface area contributed by atoms with Gasteiger partial charge in [-0.15, -0.1) is 0 Å². The van der Waals surface area contributed by atoms with Crippen LogP contribution in [0.4, 0.5) is 26.5 Å². The van der Waals surface area contributed by atoms with Gasteiger partial charge in [0, 0.05) is 29.2 Å². The molecule has 168 valence electrons. The minimum absolute atomic E-state index is 0.0475. The number of nitrogen functional groups attached to an aromatic ring is 1. The van der Waals surface area contributed by atoms with Gasteiger partial charge in [0.05, 0.1) is 10.9 Å². The summed E-state index contributed by atoms with van der Waals surface area (Å²) in [6.07, 6.45) is 3.07. The third-order valence-corrected chi connectivity index (χ3v) is 4.98. The van der Waals surface area contributed by atoms with Crippen molar-refractivity contribution in [2.45, 2.75) is 26.8 Å². The molecular formula is C23H22FN7O2. The number of ketones is 1. The zero-order valence-electron chi connectivity index (χ0n) is 18.3. The Morgan fingerprint density at radius 2 is 1.91 bits per heavy atom. The number of nitrogens with zero attached hydrogens (tertiary/aromatic N) is 4. The van der Waals surface area contributed by atoms with E-state index in [0.717, 1.165) is 0 Å². The molecule has 0 saturated carbocycles. The number of hydrogen-bond donors (Lipinski definition) is 3. The molecule has 0 aliphatic rings. The first-order valence-electron chi connectivity index (χ1n) is 10.2. The highest BCUT2D eigenvalue weighted by Gasteiger charge is 2.22. The van der Waals surface area contributed by atoms with Crippen molar-refractivity contribution in [3.63, 3.8) is 0 Å². The van der Waals surface area contributed by atoms with Crippen molar-refractivity contribution in [2.75, 3.05) is 16.4 Å². The summed E-state index contributed by atoms with van der Waals surface area (Å²) >= 11 is 0. The summed E-state index contributed by atoms with van der Waals surface area (Å²) in [5.41, 5.74) is 8.13. The summed E-state index contributed by atoms with van der Waals surface area (Å²) in [4.78, 5) is 38.4. The number of carbonyl (C=O) groups excluding carboxylic acids is 2. The molecule has 0 spiro atoms. The van der Waals surface area contributed by atoms with Gasteiger partial charge in [-0.1, -0.05) is 6.07 Å². The Morgan fingerprint density at radius 3 is 2.64 bits per heavy atom. The van der Waals surface area contributed by atoms with Gasteiger partial charge in [-0.3, -0.25) is 10.1 Å². The predicted octanol–water partition coefficient (Wildman–Crippen LogP) is 4.31. The highest BCUT2D eigenvalue weighted by Crippen LogP contribution is 2.29. The number of aryl methyl sites for hydroxylation is 1. The van der Waals surface area contributed by atoms with E-state index < -0.39 is 11.8 Å². The number of nitrogens with one attached hydrogen (secondary N) is 2. The molecule has 0 saturated heterocycles. The molecule has 0 fully saturated rings. The second kappa shape index (κ2) is 8.65. The number of amides is 2. The van der Waals surface area contributed by atoms with E-state index in [-0.39, 0.29) is 29.1 Å². The maximum Gasteiger partial charge on any atom is 0.324 e. The van der Waals surface area contributed by atoms with Gasteiger partial charge in [-0.2, -0.15) is 0 Å². The van der Waals surface area contributed by atoms with E-state index in [1.165, 1.54) is 30.6 Å². The van der Waals surface area contributed by atoms with Gasteiger partial charge in [-0.05, 0) is 51.1 Å². The highest BCUT2D eigenvalue weighted by molar-refractivity contribution is 6.18. The van der Waals surface area contributed by atoms with Crippen LogP contribution < -0.4 is 16.4 Å². The van der Waals surface area contributed by atoms with E-state index in [0.29, 0.717) is 27.9 Å². The van der Waals surface area contributed by atoms with E-state index in [9.17, 15) is 14.0 Å². The molecule has 4 rings (SSSR count). The molecule has 0 aliphatic heterocycles. The summed E-state index contributed by atoms with van der Waals surface area (Å²) in [6.45, 7) is 5.66. The Balaban J connectivity index is 1.66. The van der Waals surface area contributed by atoms with E-state index in [1.807, 2.05) is 18.4 Å². The van der Waals surface area contributed by atoms with Crippen molar-refractivity contribution < 1.29 is 14.0 Å². The van der Waals surface area contributed by atoms with Crippen molar-refractivity contribution in [3.05, 3.63) is 71.6 Å². The number of halogens is 1. The van der Waals surface area contributed by atoms with Crippen LogP contribution in [-0.4, -0.2) is 31.3 Å². The molecule has 4 N–H and O–H groups in total. The van der Waals surface area contributed by atoms with Crippen LogP contribution in [0.15, 0.2) is 48.9 Å². The van der Waals surface area contributed by atoms with Gasteiger partial charge >= 0.3 is 6.03 Å². The third kappa shape index (κ3) is 4.49. The first kappa shape index (κ1) is 21.9. The molecule has 0 unspecified atom stereocenters. The second-order valence-electron chi connectivity index (χ2n) is 7.80. The number of aromatic nitrogens is 4. The second-order valence-corrected chi connectivity index (χ2v) is 7.80. The number of rotatable bonds is 5. The summed E-state index contributed by atoms with van der Waals surface area (Å²) < 4.78 is 15.2. The Kier molecular flexibility index (Phi) is 5.74. The number of nitrogens with two attached hydrogens (primary N) is 1. The van der Waals surface area contributed by atoms with Gasteiger partial charge in [0.1, 0.15) is 29.4 Å². The standard InChI is InChI=1S/C23H22FN7O2/c1-12(2)31-10-17(19-21(25)26-11-27-22(19)31)20(32)14-7-13(3)28-18(8-14)30-23(33)29-16-6-4-5-15(24)9-16/h4-12H,1-3H3,(H2,25,26,27)(H2,28,29,30,33). The monoisotopic (exact) mass is 447 g/mol. The molecule has 3 aromatic heterocycles. The predicted molar refractivity (Wildman–Crippen MR) is 124 cm³/mol. The van der Waals surface area contributed by atoms with E-state index in [1.54, 1.807) is 25.3 Å². The lowest BCUT2D eigenvalue weighted by Crippen LogP contribution is -2.20. The lowest BCUT2D eigenvalue weighted by Gasteiger charge is -2.09. The molecular weight excluding hydrogens is 425 g/mol. The van der Waals surface area contributed by atoms with Gasteiger partial charge in [0.15, 0.2) is 5.78 Å².